The molecule has 1 saturated heterocycles. The molecule has 0 aromatic heterocycles. The van der Waals surface area contributed by atoms with Crippen LogP contribution in [0, 0.1) is 0 Å². The van der Waals surface area contributed by atoms with Crippen molar-refractivity contribution in [1.82, 2.24) is 10.2 Å². The van der Waals surface area contributed by atoms with Crippen LogP contribution in [0.2, 0.25) is 36.3 Å². The van der Waals surface area contributed by atoms with Crippen molar-refractivity contribution in [2.45, 2.75) is 150 Å². The predicted molar refractivity (Wildman–Crippen MR) is 170 cm³/mol. The fourth-order valence-corrected chi connectivity index (χ4v) is 4.62. The molecular formula is C29H64N2O7Si2. The minimum absolute atomic E-state index is 0. The Morgan fingerprint density at radius 1 is 0.825 bits per heavy atom. The molecular weight excluding hydrogens is 544 g/mol. The monoisotopic (exact) mass is 608 g/mol. The maximum absolute atomic E-state index is 11.8. The Bertz CT molecular complexity index is 792. The molecule has 0 aliphatic carbocycles. The van der Waals surface area contributed by atoms with Gasteiger partial charge in [-0.3, -0.25) is 4.90 Å². The highest BCUT2D eigenvalue weighted by Crippen LogP contribution is 2.38. The quantitative estimate of drug-likeness (QED) is 0.222. The molecule has 240 valence electrons. The zero-order valence-corrected chi connectivity index (χ0v) is 29.8. The Kier molecular flexibility index (Phi) is 15.2. The van der Waals surface area contributed by atoms with Crippen molar-refractivity contribution < 1.29 is 33.0 Å². The highest BCUT2D eigenvalue weighted by atomic mass is 28.4. The van der Waals surface area contributed by atoms with E-state index in [4.69, 9.17) is 18.3 Å². The zero-order valence-electron chi connectivity index (χ0n) is 27.8. The van der Waals surface area contributed by atoms with Crippen molar-refractivity contribution in [1.29, 1.82) is 0 Å². The van der Waals surface area contributed by atoms with Gasteiger partial charge >= 0.3 is 12.2 Å². The van der Waals surface area contributed by atoms with Crippen LogP contribution in [-0.4, -0.2) is 88.5 Å². The molecule has 1 fully saturated rings. The number of hydrogen-bond acceptors (Lipinski definition) is 7. The number of amides is 2. The molecule has 2 N–H and O–H groups in total. The molecule has 0 spiro atoms. The van der Waals surface area contributed by atoms with Gasteiger partial charge in [-0.25, -0.2) is 9.59 Å². The summed E-state index contributed by atoms with van der Waals surface area (Å²) in [5.74, 6) is 0. The van der Waals surface area contributed by atoms with Crippen LogP contribution in [-0.2, 0) is 18.3 Å². The third-order valence-corrected chi connectivity index (χ3v) is 16.2. The van der Waals surface area contributed by atoms with Crippen LogP contribution in [0.3, 0.4) is 0 Å². The summed E-state index contributed by atoms with van der Waals surface area (Å²) in [5, 5.41) is 12.3. The molecule has 11 heteroatoms. The van der Waals surface area contributed by atoms with E-state index in [1.54, 1.807) is 25.7 Å². The van der Waals surface area contributed by atoms with Crippen molar-refractivity contribution in [2.24, 2.45) is 0 Å². The number of alkyl carbamates (subject to hydrolysis) is 1. The van der Waals surface area contributed by atoms with Crippen molar-refractivity contribution in [2.75, 3.05) is 26.4 Å². The van der Waals surface area contributed by atoms with E-state index in [9.17, 15) is 14.7 Å². The molecule has 40 heavy (non-hydrogen) atoms. The summed E-state index contributed by atoms with van der Waals surface area (Å²) >= 11 is 0. The molecule has 2 amide bonds. The maximum atomic E-state index is 11.8. The van der Waals surface area contributed by atoms with Gasteiger partial charge in [-0.05, 0) is 77.8 Å². The zero-order chi connectivity index (χ0) is 31.3. The third kappa shape index (κ3) is 15.7. The number of nitrogens with zero attached hydrogens (tertiary/aromatic N) is 1. The van der Waals surface area contributed by atoms with E-state index < -0.39 is 40.0 Å². The van der Waals surface area contributed by atoms with Gasteiger partial charge in [0.25, 0.3) is 0 Å². The van der Waals surface area contributed by atoms with Gasteiger partial charge in [0, 0.05) is 6.54 Å². The lowest BCUT2D eigenvalue weighted by Gasteiger charge is -2.37. The number of aliphatic hydroxyl groups is 1. The molecule has 1 heterocycles. The number of aliphatic hydroxyl groups excluding tert-OH is 1. The second-order valence-electron chi connectivity index (χ2n) is 15.5. The van der Waals surface area contributed by atoms with Gasteiger partial charge in [-0.2, -0.15) is 0 Å². The number of nitrogens with one attached hydrogen (secondary N) is 1. The second kappa shape index (κ2) is 14.8. The van der Waals surface area contributed by atoms with E-state index in [-0.39, 0.29) is 36.2 Å². The molecule has 1 rings (SSSR count). The summed E-state index contributed by atoms with van der Waals surface area (Å²) in [6.45, 7) is 34.4. The molecule has 2 atom stereocenters. The fourth-order valence-electron chi connectivity index (χ4n) is 2.53. The van der Waals surface area contributed by atoms with Crippen LogP contribution in [0.5, 0.6) is 0 Å². The minimum Gasteiger partial charge on any atom is -0.444 e. The summed E-state index contributed by atoms with van der Waals surface area (Å²) in [6.07, 6.45) is -0.758. The molecule has 0 radical (unpaired) electrons. The number of carbonyl (C=O) groups is 2. The number of ether oxygens (including phenoxy) is 2. The van der Waals surface area contributed by atoms with Gasteiger partial charge in [0.1, 0.15) is 11.2 Å². The number of rotatable bonds is 8. The lowest BCUT2D eigenvalue weighted by Crippen LogP contribution is -2.48. The van der Waals surface area contributed by atoms with Gasteiger partial charge in [0.2, 0.25) is 0 Å². The second-order valence-corrected chi connectivity index (χ2v) is 25.1. The number of carbonyl (C=O) groups excluding carboxylic acids is 2. The Hall–Kier alpha value is -1.15. The van der Waals surface area contributed by atoms with Crippen LogP contribution in [0.25, 0.3) is 0 Å². The SMILES string of the molecule is C.CC(C)(C)OC(=O)N1C[C@H]1CO[Si](C)(C)C(C)(C)C.CC(C)(C)OC(=O)N[C@@H](CO)CO[Si](C)(C)C(C)(C)C. The Morgan fingerprint density at radius 2 is 1.25 bits per heavy atom. The van der Waals surface area contributed by atoms with Gasteiger partial charge in [0.05, 0.1) is 31.9 Å². The molecule has 0 unspecified atom stereocenters. The molecule has 1 aliphatic rings. The van der Waals surface area contributed by atoms with Gasteiger partial charge in [0.15, 0.2) is 16.6 Å². The molecule has 0 aromatic carbocycles. The van der Waals surface area contributed by atoms with E-state index in [2.05, 4.69) is 73.0 Å². The van der Waals surface area contributed by atoms with Crippen molar-refractivity contribution >= 4 is 28.8 Å². The summed E-state index contributed by atoms with van der Waals surface area (Å²) in [5.41, 5.74) is -0.977. The first-order valence-electron chi connectivity index (χ1n) is 14.0. The normalized spacial score (nSPS) is 17.1. The van der Waals surface area contributed by atoms with Crippen LogP contribution < -0.4 is 5.32 Å². The van der Waals surface area contributed by atoms with E-state index in [0.29, 0.717) is 13.2 Å². The van der Waals surface area contributed by atoms with Gasteiger partial charge in [-0.15, -0.1) is 0 Å². The molecule has 0 bridgehead atoms. The Labute approximate surface area is 248 Å². The summed E-state index contributed by atoms with van der Waals surface area (Å²) in [6, 6.07) is -0.247. The van der Waals surface area contributed by atoms with Crippen molar-refractivity contribution in [3.05, 3.63) is 0 Å². The third-order valence-electron chi connectivity index (χ3n) is 7.18. The van der Waals surface area contributed by atoms with Crippen molar-refractivity contribution in [3.63, 3.8) is 0 Å². The largest absolute Gasteiger partial charge is 0.444 e. The van der Waals surface area contributed by atoms with Gasteiger partial charge in [-0.1, -0.05) is 49.0 Å². The smallest absolute Gasteiger partial charge is 0.410 e. The Balaban J connectivity index is 0. The molecule has 0 aromatic rings. The topological polar surface area (TPSA) is 106 Å². The van der Waals surface area contributed by atoms with Crippen molar-refractivity contribution in [3.8, 4) is 0 Å². The van der Waals surface area contributed by atoms with E-state index in [1.807, 2.05) is 20.8 Å². The van der Waals surface area contributed by atoms with E-state index in [1.165, 1.54) is 0 Å². The van der Waals surface area contributed by atoms with E-state index >= 15 is 0 Å². The highest BCUT2D eigenvalue weighted by molar-refractivity contribution is 6.74. The summed E-state index contributed by atoms with van der Waals surface area (Å²) in [4.78, 5) is 25.2. The van der Waals surface area contributed by atoms with Crippen LogP contribution >= 0.6 is 0 Å². The molecule has 1 aliphatic heterocycles. The van der Waals surface area contributed by atoms with Crippen LogP contribution in [0.1, 0.15) is 90.5 Å². The average Bonchev–Trinajstić information content (AvgIpc) is 3.46. The maximum Gasteiger partial charge on any atom is 0.410 e. The first kappa shape index (κ1) is 41.0. The lowest BCUT2D eigenvalue weighted by atomic mass is 10.2. The van der Waals surface area contributed by atoms with E-state index in [0.717, 1.165) is 6.54 Å². The fraction of sp³-hybridized carbons (Fsp3) is 0.931. The first-order valence-corrected chi connectivity index (χ1v) is 19.8. The lowest BCUT2D eigenvalue weighted by molar-refractivity contribution is 0.0394. The van der Waals surface area contributed by atoms with Gasteiger partial charge < -0.3 is 28.7 Å². The molecule has 9 nitrogen and oxygen atoms in total. The summed E-state index contributed by atoms with van der Waals surface area (Å²) in [7, 11) is -3.60. The predicted octanol–water partition coefficient (Wildman–Crippen LogP) is 7.16. The minimum atomic E-state index is -1.89. The first-order chi connectivity index (χ1) is 17.1. The number of hydrogen-bond donors (Lipinski definition) is 2. The van der Waals surface area contributed by atoms with Crippen LogP contribution in [0.4, 0.5) is 9.59 Å². The molecule has 0 saturated carbocycles. The Morgan fingerprint density at radius 3 is 1.62 bits per heavy atom. The average molecular weight is 609 g/mol. The van der Waals surface area contributed by atoms with Crippen LogP contribution in [0.15, 0.2) is 0 Å². The highest BCUT2D eigenvalue weighted by Gasteiger charge is 2.44. The standard InChI is InChI=1S/C14H31NO4Si.C14H29NO3Si.CH4/c1-13(2,3)19-12(17)15-11(9-16)10-18-20(7,8)14(4,5)6;1-13(2,3)18-12(16)15-9-11(15)10-17-19(7,8)14(4,5)6;/h11,16H,9-10H2,1-8H3,(H,15,17);11H,9-10H2,1-8H3;1H4/t11-;11-,15?;/m00./s1. The summed E-state index contributed by atoms with van der Waals surface area (Å²) < 4.78 is 22.6.